The van der Waals surface area contributed by atoms with E-state index in [4.69, 9.17) is 14.2 Å². The van der Waals surface area contributed by atoms with Crippen LogP contribution >= 0.6 is 0 Å². The molecule has 7 nitrogen and oxygen atoms in total. The average molecular weight is 427 g/mol. The molecule has 0 saturated carbocycles. The van der Waals surface area contributed by atoms with Gasteiger partial charge in [-0.15, -0.1) is 0 Å². The smallest absolute Gasteiger partial charge is 0.213 e. The van der Waals surface area contributed by atoms with E-state index >= 15 is 0 Å². The van der Waals surface area contributed by atoms with Gasteiger partial charge in [-0.05, 0) is 37.0 Å². The molecular weight excluding hydrogens is 392 g/mol. The van der Waals surface area contributed by atoms with Crippen molar-refractivity contribution >= 4 is 5.96 Å². The third-order valence-electron chi connectivity index (χ3n) is 4.93. The Morgan fingerprint density at radius 2 is 2.10 bits per heavy atom. The first kappa shape index (κ1) is 23.0. The molecule has 168 valence electrons. The SMILES string of the molecule is CCNC(=NCc1ccnc(OCc2ccccc2)c1)NCCCOCC1CCOC1. The van der Waals surface area contributed by atoms with Crippen molar-refractivity contribution in [2.75, 3.05) is 39.5 Å². The number of hydrogen-bond donors (Lipinski definition) is 2. The van der Waals surface area contributed by atoms with E-state index in [1.54, 1.807) is 6.20 Å². The molecule has 1 unspecified atom stereocenters. The van der Waals surface area contributed by atoms with Crippen LogP contribution in [0.4, 0.5) is 0 Å². The van der Waals surface area contributed by atoms with Crippen LogP contribution in [0.5, 0.6) is 5.88 Å². The zero-order valence-corrected chi connectivity index (χ0v) is 18.4. The van der Waals surface area contributed by atoms with Crippen LogP contribution in [0.15, 0.2) is 53.7 Å². The molecule has 3 rings (SSSR count). The summed E-state index contributed by atoms with van der Waals surface area (Å²) in [6.45, 7) is 7.99. The van der Waals surface area contributed by atoms with E-state index in [2.05, 4.69) is 27.5 Å². The molecule has 1 aromatic carbocycles. The lowest BCUT2D eigenvalue weighted by atomic mass is 10.1. The first-order valence-corrected chi connectivity index (χ1v) is 11.1. The topological polar surface area (TPSA) is 77.0 Å². The highest BCUT2D eigenvalue weighted by Gasteiger charge is 2.15. The fourth-order valence-corrected chi connectivity index (χ4v) is 3.22. The summed E-state index contributed by atoms with van der Waals surface area (Å²) in [5.74, 6) is 1.98. The molecule has 0 radical (unpaired) electrons. The second kappa shape index (κ2) is 13.6. The minimum absolute atomic E-state index is 0.501. The normalized spacial score (nSPS) is 16.3. The van der Waals surface area contributed by atoms with Gasteiger partial charge in [0.15, 0.2) is 5.96 Å². The molecule has 1 aromatic heterocycles. The van der Waals surface area contributed by atoms with Crippen molar-refractivity contribution in [1.29, 1.82) is 0 Å². The van der Waals surface area contributed by atoms with Crippen LogP contribution in [0.1, 0.15) is 30.9 Å². The van der Waals surface area contributed by atoms with Gasteiger partial charge in [-0.1, -0.05) is 30.3 Å². The maximum Gasteiger partial charge on any atom is 0.213 e. The molecule has 0 aliphatic carbocycles. The number of ether oxygens (including phenoxy) is 3. The standard InChI is InChI=1S/C24H34N4O3/c1-2-25-24(27-11-6-13-29-17-22-10-14-30-18-22)28-16-21-9-12-26-23(15-21)31-19-20-7-4-3-5-8-20/h3-5,7-9,12,15,22H,2,6,10-11,13-14,16-19H2,1H3,(H2,25,27,28). The van der Waals surface area contributed by atoms with Crippen LogP contribution in [0.2, 0.25) is 0 Å². The lowest BCUT2D eigenvalue weighted by molar-refractivity contribution is 0.0888. The highest BCUT2D eigenvalue weighted by Crippen LogP contribution is 2.13. The Kier molecular flexibility index (Phi) is 10.1. The average Bonchev–Trinajstić information content (AvgIpc) is 3.33. The maximum atomic E-state index is 5.81. The van der Waals surface area contributed by atoms with E-state index in [1.165, 1.54) is 0 Å². The van der Waals surface area contributed by atoms with Crippen molar-refractivity contribution in [3.63, 3.8) is 0 Å². The van der Waals surface area contributed by atoms with Crippen LogP contribution in [0, 0.1) is 5.92 Å². The molecule has 0 amide bonds. The molecule has 1 saturated heterocycles. The summed E-state index contributed by atoms with van der Waals surface area (Å²) in [6.07, 6.45) is 3.81. The quantitative estimate of drug-likeness (QED) is 0.308. The minimum atomic E-state index is 0.501. The van der Waals surface area contributed by atoms with Crippen LogP contribution in [-0.4, -0.2) is 50.5 Å². The minimum Gasteiger partial charge on any atom is -0.473 e. The van der Waals surface area contributed by atoms with Gasteiger partial charge in [0.1, 0.15) is 6.61 Å². The summed E-state index contributed by atoms with van der Waals surface area (Å²) in [7, 11) is 0. The molecule has 1 fully saturated rings. The van der Waals surface area contributed by atoms with Crippen LogP contribution in [0.3, 0.4) is 0 Å². The van der Waals surface area contributed by atoms with Gasteiger partial charge >= 0.3 is 0 Å². The number of pyridine rings is 1. The van der Waals surface area contributed by atoms with E-state index in [1.807, 2.05) is 42.5 Å². The van der Waals surface area contributed by atoms with Crippen molar-refractivity contribution < 1.29 is 14.2 Å². The lowest BCUT2D eigenvalue weighted by Crippen LogP contribution is -2.38. The number of aliphatic imine (C=N–C) groups is 1. The second-order valence-corrected chi connectivity index (χ2v) is 7.56. The van der Waals surface area contributed by atoms with Gasteiger partial charge in [0.2, 0.25) is 5.88 Å². The molecule has 2 N–H and O–H groups in total. The Hall–Kier alpha value is -2.64. The molecule has 0 bridgehead atoms. The van der Waals surface area contributed by atoms with Gasteiger partial charge in [-0.2, -0.15) is 0 Å². The highest BCUT2D eigenvalue weighted by atomic mass is 16.5. The van der Waals surface area contributed by atoms with Gasteiger partial charge in [0.25, 0.3) is 0 Å². The fraction of sp³-hybridized carbons (Fsp3) is 0.500. The van der Waals surface area contributed by atoms with E-state index in [9.17, 15) is 0 Å². The van der Waals surface area contributed by atoms with Crippen molar-refractivity contribution in [3.8, 4) is 5.88 Å². The summed E-state index contributed by atoms with van der Waals surface area (Å²) < 4.78 is 16.9. The summed E-state index contributed by atoms with van der Waals surface area (Å²) >= 11 is 0. The van der Waals surface area contributed by atoms with Gasteiger partial charge in [0, 0.05) is 44.5 Å². The van der Waals surface area contributed by atoms with Gasteiger partial charge in [-0.3, -0.25) is 0 Å². The first-order chi connectivity index (χ1) is 15.3. The third-order valence-corrected chi connectivity index (χ3v) is 4.93. The Bertz CT molecular complexity index is 779. The number of aromatic nitrogens is 1. The number of nitrogens with zero attached hydrogens (tertiary/aromatic N) is 2. The summed E-state index contributed by atoms with van der Waals surface area (Å²) in [6, 6.07) is 14.0. The van der Waals surface area contributed by atoms with Gasteiger partial charge in [0.05, 0.1) is 19.8 Å². The Morgan fingerprint density at radius 1 is 1.19 bits per heavy atom. The molecule has 1 aliphatic heterocycles. The van der Waals surface area contributed by atoms with E-state index in [0.29, 0.717) is 24.9 Å². The Morgan fingerprint density at radius 3 is 2.90 bits per heavy atom. The monoisotopic (exact) mass is 426 g/mol. The molecule has 7 heteroatoms. The number of nitrogens with one attached hydrogen (secondary N) is 2. The second-order valence-electron chi connectivity index (χ2n) is 7.56. The van der Waals surface area contributed by atoms with E-state index in [-0.39, 0.29) is 0 Å². The number of rotatable bonds is 12. The third kappa shape index (κ3) is 8.94. The predicted octanol–water partition coefficient (Wildman–Crippen LogP) is 3.16. The summed E-state index contributed by atoms with van der Waals surface area (Å²) in [5, 5.41) is 6.65. The summed E-state index contributed by atoms with van der Waals surface area (Å²) in [4.78, 5) is 8.98. The van der Waals surface area contributed by atoms with Crippen molar-refractivity contribution in [2.45, 2.75) is 32.9 Å². The zero-order chi connectivity index (χ0) is 21.6. The van der Waals surface area contributed by atoms with Crippen molar-refractivity contribution in [2.24, 2.45) is 10.9 Å². The van der Waals surface area contributed by atoms with Crippen molar-refractivity contribution in [3.05, 3.63) is 59.8 Å². The molecule has 2 heterocycles. The van der Waals surface area contributed by atoms with Crippen LogP contribution in [0.25, 0.3) is 0 Å². The first-order valence-electron chi connectivity index (χ1n) is 11.1. The Labute approximate surface area is 185 Å². The number of benzene rings is 1. The molecule has 2 aromatic rings. The maximum absolute atomic E-state index is 5.81. The van der Waals surface area contributed by atoms with Gasteiger partial charge in [-0.25, -0.2) is 9.98 Å². The molecule has 1 atom stereocenters. The molecule has 1 aliphatic rings. The van der Waals surface area contributed by atoms with Gasteiger partial charge < -0.3 is 24.8 Å². The zero-order valence-electron chi connectivity index (χ0n) is 18.4. The van der Waals surface area contributed by atoms with Crippen LogP contribution in [-0.2, 0) is 22.6 Å². The lowest BCUT2D eigenvalue weighted by Gasteiger charge is -2.12. The fourth-order valence-electron chi connectivity index (χ4n) is 3.22. The van der Waals surface area contributed by atoms with E-state index < -0.39 is 0 Å². The highest BCUT2D eigenvalue weighted by molar-refractivity contribution is 5.79. The van der Waals surface area contributed by atoms with Crippen molar-refractivity contribution in [1.82, 2.24) is 15.6 Å². The molecule has 31 heavy (non-hydrogen) atoms. The number of guanidine groups is 1. The molecule has 0 spiro atoms. The van der Waals surface area contributed by atoms with Crippen LogP contribution < -0.4 is 15.4 Å². The predicted molar refractivity (Wildman–Crippen MR) is 122 cm³/mol. The largest absolute Gasteiger partial charge is 0.473 e. The summed E-state index contributed by atoms with van der Waals surface area (Å²) in [5.41, 5.74) is 2.17. The Balaban J connectivity index is 1.39. The number of hydrogen-bond acceptors (Lipinski definition) is 5. The molecular formula is C24H34N4O3. The van der Waals surface area contributed by atoms with E-state index in [0.717, 1.165) is 69.4 Å².